The van der Waals surface area contributed by atoms with Crippen molar-refractivity contribution < 1.29 is 5.11 Å². The molecule has 1 saturated carbocycles. The summed E-state index contributed by atoms with van der Waals surface area (Å²) in [5.74, 6) is 0.139. The van der Waals surface area contributed by atoms with E-state index < -0.39 is 5.41 Å². The van der Waals surface area contributed by atoms with Crippen LogP contribution in [-0.4, -0.2) is 11.7 Å². The molecule has 0 saturated heterocycles. The maximum absolute atomic E-state index is 9.05. The molecule has 2 heteroatoms. The number of nitriles is 1. The molecular weight excluding hydrogens is 162 g/mol. The first-order chi connectivity index (χ1) is 6.33. The first kappa shape index (κ1) is 8.28. The smallest absolute Gasteiger partial charge is 0.0877 e. The molecule has 2 atom stereocenters. The van der Waals surface area contributed by atoms with Crippen LogP contribution in [0.1, 0.15) is 12.0 Å². The second-order valence-corrected chi connectivity index (χ2v) is 3.53. The van der Waals surface area contributed by atoms with Gasteiger partial charge < -0.3 is 5.11 Å². The van der Waals surface area contributed by atoms with Crippen LogP contribution in [0, 0.1) is 17.2 Å². The van der Waals surface area contributed by atoms with Gasteiger partial charge in [-0.25, -0.2) is 0 Å². The van der Waals surface area contributed by atoms with Gasteiger partial charge in [-0.05, 0) is 12.0 Å². The summed E-state index contributed by atoms with van der Waals surface area (Å²) < 4.78 is 0. The lowest BCUT2D eigenvalue weighted by Gasteiger charge is -2.06. The molecule has 1 aromatic rings. The van der Waals surface area contributed by atoms with E-state index in [1.54, 1.807) is 0 Å². The molecule has 1 N–H and O–H groups in total. The van der Waals surface area contributed by atoms with Gasteiger partial charge in [0.25, 0.3) is 0 Å². The number of hydrogen-bond acceptors (Lipinski definition) is 2. The van der Waals surface area contributed by atoms with Gasteiger partial charge in [-0.15, -0.1) is 0 Å². The Labute approximate surface area is 77.4 Å². The third-order valence-electron chi connectivity index (χ3n) is 2.81. The average Bonchev–Trinajstić information content (AvgIpc) is 2.94. The van der Waals surface area contributed by atoms with Crippen molar-refractivity contribution in [2.45, 2.75) is 11.8 Å². The number of nitrogens with zero attached hydrogens (tertiary/aromatic N) is 1. The van der Waals surface area contributed by atoms with Crippen molar-refractivity contribution in [2.24, 2.45) is 5.92 Å². The molecule has 0 aliphatic heterocycles. The third kappa shape index (κ3) is 1.13. The molecule has 1 fully saturated rings. The van der Waals surface area contributed by atoms with Gasteiger partial charge in [0.05, 0.1) is 11.5 Å². The molecule has 1 unspecified atom stereocenters. The Morgan fingerprint density at radius 2 is 2.15 bits per heavy atom. The summed E-state index contributed by atoms with van der Waals surface area (Å²) in [5, 5.41) is 18.0. The monoisotopic (exact) mass is 173 g/mol. The number of aliphatic hydroxyl groups is 1. The van der Waals surface area contributed by atoms with Gasteiger partial charge in [-0.2, -0.15) is 5.26 Å². The highest BCUT2D eigenvalue weighted by Gasteiger charge is 2.55. The quantitative estimate of drug-likeness (QED) is 0.735. The van der Waals surface area contributed by atoms with Crippen LogP contribution in [0.15, 0.2) is 30.3 Å². The van der Waals surface area contributed by atoms with E-state index in [9.17, 15) is 0 Å². The SMILES string of the molecule is N#CC1(c2ccccc2)C[C@@H]1CO. The van der Waals surface area contributed by atoms with Gasteiger partial charge >= 0.3 is 0 Å². The normalized spacial score (nSPS) is 30.9. The largest absolute Gasteiger partial charge is 0.396 e. The van der Waals surface area contributed by atoms with E-state index in [1.807, 2.05) is 30.3 Å². The summed E-state index contributed by atoms with van der Waals surface area (Å²) in [4.78, 5) is 0. The number of rotatable bonds is 2. The van der Waals surface area contributed by atoms with E-state index in [-0.39, 0.29) is 12.5 Å². The highest BCUT2D eigenvalue weighted by molar-refractivity contribution is 5.41. The van der Waals surface area contributed by atoms with Crippen LogP contribution in [0.3, 0.4) is 0 Å². The minimum Gasteiger partial charge on any atom is -0.396 e. The predicted molar refractivity (Wildman–Crippen MR) is 48.9 cm³/mol. The molecule has 1 aliphatic rings. The van der Waals surface area contributed by atoms with Crippen molar-refractivity contribution in [2.75, 3.05) is 6.61 Å². The Hall–Kier alpha value is -1.33. The van der Waals surface area contributed by atoms with Crippen molar-refractivity contribution in [3.8, 4) is 6.07 Å². The predicted octanol–water partition coefficient (Wildman–Crippen LogP) is 1.46. The Morgan fingerprint density at radius 1 is 1.46 bits per heavy atom. The Bertz CT molecular complexity index is 341. The topological polar surface area (TPSA) is 44.0 Å². The molecule has 1 aliphatic carbocycles. The van der Waals surface area contributed by atoms with Crippen LogP contribution in [0.4, 0.5) is 0 Å². The van der Waals surface area contributed by atoms with E-state index in [2.05, 4.69) is 6.07 Å². The average molecular weight is 173 g/mol. The van der Waals surface area contributed by atoms with E-state index >= 15 is 0 Å². The zero-order valence-electron chi connectivity index (χ0n) is 7.27. The lowest BCUT2D eigenvalue weighted by atomic mass is 9.95. The van der Waals surface area contributed by atoms with Crippen LogP contribution in [0.5, 0.6) is 0 Å². The number of aliphatic hydroxyl groups excluding tert-OH is 1. The van der Waals surface area contributed by atoms with Gasteiger partial charge in [0, 0.05) is 12.5 Å². The lowest BCUT2D eigenvalue weighted by Crippen LogP contribution is -2.08. The fourth-order valence-electron chi connectivity index (χ4n) is 1.84. The maximum Gasteiger partial charge on any atom is 0.0877 e. The standard InChI is InChI=1S/C11H11NO/c12-8-11(6-10(11)7-13)9-4-2-1-3-5-9/h1-5,10,13H,6-7H2/t10-,11?/m1/s1. The molecule has 0 aromatic heterocycles. The number of benzene rings is 1. The number of hydrogen-bond donors (Lipinski definition) is 1. The Kier molecular flexibility index (Phi) is 1.82. The maximum atomic E-state index is 9.05. The fraction of sp³-hybridized carbons (Fsp3) is 0.364. The van der Waals surface area contributed by atoms with E-state index in [0.29, 0.717) is 0 Å². The van der Waals surface area contributed by atoms with Crippen LogP contribution < -0.4 is 0 Å². The first-order valence-corrected chi connectivity index (χ1v) is 4.41. The van der Waals surface area contributed by atoms with Crippen LogP contribution >= 0.6 is 0 Å². The third-order valence-corrected chi connectivity index (χ3v) is 2.81. The first-order valence-electron chi connectivity index (χ1n) is 4.41. The molecule has 0 amide bonds. The fourth-order valence-corrected chi connectivity index (χ4v) is 1.84. The van der Waals surface area contributed by atoms with E-state index in [1.165, 1.54) is 0 Å². The molecule has 2 nitrogen and oxygen atoms in total. The summed E-state index contributed by atoms with van der Waals surface area (Å²) in [6.45, 7) is 0.114. The molecular formula is C11H11NO. The minimum atomic E-state index is -0.393. The second kappa shape index (κ2) is 2.86. The molecule has 0 radical (unpaired) electrons. The van der Waals surface area contributed by atoms with Gasteiger partial charge in [0.1, 0.15) is 0 Å². The van der Waals surface area contributed by atoms with Crippen molar-refractivity contribution in [3.05, 3.63) is 35.9 Å². The molecule has 0 spiro atoms. The van der Waals surface area contributed by atoms with Crippen molar-refractivity contribution >= 4 is 0 Å². The van der Waals surface area contributed by atoms with Gasteiger partial charge in [0.15, 0.2) is 0 Å². The second-order valence-electron chi connectivity index (χ2n) is 3.53. The Balaban J connectivity index is 2.32. The van der Waals surface area contributed by atoms with Crippen LogP contribution in [0.2, 0.25) is 0 Å². The molecule has 0 heterocycles. The lowest BCUT2D eigenvalue weighted by molar-refractivity contribution is 0.269. The molecule has 1 aromatic carbocycles. The van der Waals surface area contributed by atoms with E-state index in [0.717, 1.165) is 12.0 Å². The summed E-state index contributed by atoms with van der Waals surface area (Å²) in [5.41, 5.74) is 0.646. The van der Waals surface area contributed by atoms with Crippen molar-refractivity contribution in [1.29, 1.82) is 5.26 Å². The van der Waals surface area contributed by atoms with Gasteiger partial charge in [-0.1, -0.05) is 30.3 Å². The molecule has 0 bridgehead atoms. The summed E-state index contributed by atoms with van der Waals surface area (Å²) >= 11 is 0. The minimum absolute atomic E-state index is 0.114. The van der Waals surface area contributed by atoms with Crippen molar-refractivity contribution in [1.82, 2.24) is 0 Å². The zero-order valence-corrected chi connectivity index (χ0v) is 7.27. The molecule has 2 rings (SSSR count). The van der Waals surface area contributed by atoms with Crippen molar-refractivity contribution in [3.63, 3.8) is 0 Å². The summed E-state index contributed by atoms with van der Waals surface area (Å²) in [6.07, 6.45) is 0.796. The molecule has 13 heavy (non-hydrogen) atoms. The highest BCUT2D eigenvalue weighted by atomic mass is 16.3. The molecule has 66 valence electrons. The highest BCUT2D eigenvalue weighted by Crippen LogP contribution is 2.53. The summed E-state index contributed by atoms with van der Waals surface area (Å²) in [7, 11) is 0. The van der Waals surface area contributed by atoms with E-state index in [4.69, 9.17) is 10.4 Å². The summed E-state index contributed by atoms with van der Waals surface area (Å²) in [6, 6.07) is 12.0. The van der Waals surface area contributed by atoms with Gasteiger partial charge in [-0.3, -0.25) is 0 Å². The van der Waals surface area contributed by atoms with Gasteiger partial charge in [0.2, 0.25) is 0 Å². The van der Waals surface area contributed by atoms with Crippen LogP contribution in [0.25, 0.3) is 0 Å². The zero-order chi connectivity index (χ0) is 9.31. The Morgan fingerprint density at radius 3 is 2.62 bits per heavy atom. The van der Waals surface area contributed by atoms with Crippen LogP contribution in [-0.2, 0) is 5.41 Å².